The highest BCUT2D eigenvalue weighted by molar-refractivity contribution is 7.92. The van der Waals surface area contributed by atoms with Crippen molar-refractivity contribution >= 4 is 59.9 Å². The second-order valence-corrected chi connectivity index (χ2v) is 12.1. The van der Waals surface area contributed by atoms with Crippen molar-refractivity contribution in [3.05, 3.63) is 113 Å². The zero-order valence-corrected chi connectivity index (χ0v) is 23.0. The van der Waals surface area contributed by atoms with Crippen LogP contribution in [0.3, 0.4) is 0 Å². The van der Waals surface area contributed by atoms with Crippen LogP contribution in [0.1, 0.15) is 21.5 Å². The molecule has 0 unspecified atom stereocenters. The molecule has 2 heterocycles. The maximum atomic E-state index is 13.8. The molecule has 38 heavy (non-hydrogen) atoms. The lowest BCUT2D eigenvalue weighted by Crippen LogP contribution is -2.30. The van der Waals surface area contributed by atoms with Crippen LogP contribution in [-0.4, -0.2) is 31.3 Å². The van der Waals surface area contributed by atoms with E-state index in [4.69, 9.17) is 16.6 Å². The maximum Gasteiger partial charge on any atom is 0.264 e. The fraction of sp³-hybridized carbons (Fsp3) is 0.107. The molecule has 0 radical (unpaired) electrons. The first kappa shape index (κ1) is 25.8. The molecule has 0 saturated heterocycles. The van der Waals surface area contributed by atoms with Gasteiger partial charge in [0, 0.05) is 30.0 Å². The predicted octanol–water partition coefficient (Wildman–Crippen LogP) is 6.33. The SMILES string of the molecule is Cc1cc(Cl)cc2sc(N(Cc3ccncc3)C(=O)c3ccc(S(=O)(=O)N(C)c4ccccc4)cc3)nc12. The highest BCUT2D eigenvalue weighted by Crippen LogP contribution is 2.34. The minimum Gasteiger partial charge on any atom is -0.279 e. The molecule has 5 rings (SSSR count). The van der Waals surface area contributed by atoms with Crippen LogP contribution in [-0.2, 0) is 16.6 Å². The standard InChI is InChI=1S/C28H23ClN4O3S2/c1-19-16-22(29)17-25-26(19)31-28(37-25)33(18-20-12-14-30-15-13-20)27(34)21-8-10-24(11-9-21)38(35,36)32(2)23-6-4-3-5-7-23/h3-17H,18H2,1-2H3. The lowest BCUT2D eigenvalue weighted by atomic mass is 10.2. The Labute approximate surface area is 230 Å². The van der Waals surface area contributed by atoms with Crippen molar-refractivity contribution in [3.63, 3.8) is 0 Å². The van der Waals surface area contributed by atoms with Crippen LogP contribution >= 0.6 is 22.9 Å². The topological polar surface area (TPSA) is 83.5 Å². The first-order valence-electron chi connectivity index (χ1n) is 11.7. The van der Waals surface area contributed by atoms with Gasteiger partial charge in [0.05, 0.1) is 27.3 Å². The number of nitrogens with zero attached hydrogens (tertiary/aromatic N) is 4. The van der Waals surface area contributed by atoms with E-state index in [0.717, 1.165) is 21.3 Å². The number of carbonyl (C=O) groups excluding carboxylic acids is 1. The number of para-hydroxylation sites is 1. The highest BCUT2D eigenvalue weighted by Gasteiger charge is 2.25. The van der Waals surface area contributed by atoms with Crippen molar-refractivity contribution in [2.24, 2.45) is 0 Å². The van der Waals surface area contributed by atoms with E-state index in [-0.39, 0.29) is 17.3 Å². The van der Waals surface area contributed by atoms with Crippen molar-refractivity contribution in [1.82, 2.24) is 9.97 Å². The zero-order chi connectivity index (χ0) is 26.9. The Kier molecular flexibility index (Phi) is 7.16. The number of aryl methyl sites for hydroxylation is 1. The maximum absolute atomic E-state index is 13.8. The van der Waals surface area contributed by atoms with E-state index in [2.05, 4.69) is 4.98 Å². The molecule has 0 atom stereocenters. The molecule has 0 spiro atoms. The number of halogens is 1. The number of carbonyl (C=O) groups is 1. The molecular weight excluding hydrogens is 540 g/mol. The molecule has 0 aliphatic rings. The lowest BCUT2D eigenvalue weighted by molar-refractivity contribution is 0.0985. The highest BCUT2D eigenvalue weighted by atomic mass is 35.5. The number of aromatic nitrogens is 2. The Balaban J connectivity index is 1.49. The van der Waals surface area contributed by atoms with Crippen LogP contribution in [0.2, 0.25) is 5.02 Å². The van der Waals surface area contributed by atoms with E-state index in [0.29, 0.717) is 21.4 Å². The Morgan fingerprint density at radius 3 is 2.34 bits per heavy atom. The van der Waals surface area contributed by atoms with Crippen LogP contribution in [0.4, 0.5) is 10.8 Å². The largest absolute Gasteiger partial charge is 0.279 e. The van der Waals surface area contributed by atoms with E-state index in [1.807, 2.05) is 37.3 Å². The molecule has 0 fully saturated rings. The Morgan fingerprint density at radius 2 is 1.66 bits per heavy atom. The number of sulfonamides is 1. The van der Waals surface area contributed by atoms with Crippen molar-refractivity contribution in [3.8, 4) is 0 Å². The number of fused-ring (bicyclic) bond motifs is 1. The minimum atomic E-state index is -3.80. The molecule has 5 aromatic rings. The van der Waals surface area contributed by atoms with Gasteiger partial charge >= 0.3 is 0 Å². The van der Waals surface area contributed by atoms with Gasteiger partial charge in [-0.2, -0.15) is 0 Å². The number of hydrogen-bond acceptors (Lipinski definition) is 6. The first-order chi connectivity index (χ1) is 18.2. The van der Waals surface area contributed by atoms with Gasteiger partial charge in [-0.05, 0) is 78.7 Å². The summed E-state index contributed by atoms with van der Waals surface area (Å²) in [7, 11) is -2.30. The quantitative estimate of drug-likeness (QED) is 0.231. The normalized spacial score (nSPS) is 11.4. The fourth-order valence-corrected chi connectivity index (χ4v) is 6.63. The van der Waals surface area contributed by atoms with Gasteiger partial charge < -0.3 is 0 Å². The summed E-state index contributed by atoms with van der Waals surface area (Å²) >= 11 is 7.63. The monoisotopic (exact) mass is 562 g/mol. The predicted molar refractivity (Wildman–Crippen MR) is 153 cm³/mol. The molecule has 0 bridgehead atoms. The van der Waals surface area contributed by atoms with Gasteiger partial charge in [0.15, 0.2) is 5.13 Å². The molecule has 192 valence electrons. The molecular formula is C28H23ClN4O3S2. The van der Waals surface area contributed by atoms with Crippen molar-refractivity contribution in [1.29, 1.82) is 0 Å². The van der Waals surface area contributed by atoms with Gasteiger partial charge in [-0.15, -0.1) is 0 Å². The third-order valence-electron chi connectivity index (χ3n) is 6.08. The Morgan fingerprint density at radius 1 is 0.974 bits per heavy atom. The smallest absolute Gasteiger partial charge is 0.264 e. The van der Waals surface area contributed by atoms with Crippen LogP contribution in [0.25, 0.3) is 10.2 Å². The Hall–Kier alpha value is -3.79. The van der Waals surface area contributed by atoms with Crippen LogP contribution in [0, 0.1) is 6.92 Å². The van der Waals surface area contributed by atoms with Gasteiger partial charge in [0.2, 0.25) is 0 Å². The average molecular weight is 563 g/mol. The number of hydrogen-bond donors (Lipinski definition) is 0. The van der Waals surface area contributed by atoms with E-state index >= 15 is 0 Å². The number of benzene rings is 3. The van der Waals surface area contributed by atoms with Crippen LogP contribution in [0.15, 0.2) is 96.2 Å². The Bertz CT molecular complexity index is 1710. The number of amides is 1. The average Bonchev–Trinajstić information content (AvgIpc) is 3.36. The molecule has 2 aromatic heterocycles. The molecule has 10 heteroatoms. The molecule has 3 aromatic carbocycles. The summed E-state index contributed by atoms with van der Waals surface area (Å²) in [5, 5.41) is 1.13. The van der Waals surface area contributed by atoms with Gasteiger partial charge in [0.1, 0.15) is 0 Å². The second kappa shape index (κ2) is 10.5. The van der Waals surface area contributed by atoms with Crippen molar-refractivity contribution < 1.29 is 13.2 Å². The van der Waals surface area contributed by atoms with E-state index in [1.54, 1.807) is 41.6 Å². The van der Waals surface area contributed by atoms with E-state index in [9.17, 15) is 13.2 Å². The molecule has 0 aliphatic carbocycles. The summed E-state index contributed by atoms with van der Waals surface area (Å²) in [6, 6.07) is 22.1. The van der Waals surface area contributed by atoms with Crippen molar-refractivity contribution in [2.75, 3.05) is 16.3 Å². The lowest BCUT2D eigenvalue weighted by Gasteiger charge is -2.21. The molecule has 0 aliphatic heterocycles. The van der Waals surface area contributed by atoms with Gasteiger partial charge in [-0.1, -0.05) is 41.1 Å². The molecule has 0 saturated carbocycles. The van der Waals surface area contributed by atoms with Gasteiger partial charge in [-0.25, -0.2) is 13.4 Å². The third kappa shape index (κ3) is 5.13. The van der Waals surface area contributed by atoms with E-state index in [1.165, 1.54) is 47.0 Å². The number of pyridine rings is 1. The van der Waals surface area contributed by atoms with Gasteiger partial charge in [-0.3, -0.25) is 19.0 Å². The molecule has 0 N–H and O–H groups in total. The summed E-state index contributed by atoms with van der Waals surface area (Å²) in [5.74, 6) is -0.301. The summed E-state index contributed by atoms with van der Waals surface area (Å²) < 4.78 is 28.4. The van der Waals surface area contributed by atoms with Crippen LogP contribution < -0.4 is 9.21 Å². The second-order valence-electron chi connectivity index (χ2n) is 8.65. The van der Waals surface area contributed by atoms with Gasteiger partial charge in [0.25, 0.3) is 15.9 Å². The summed E-state index contributed by atoms with van der Waals surface area (Å²) in [5.41, 5.74) is 3.47. The molecule has 1 amide bonds. The van der Waals surface area contributed by atoms with E-state index < -0.39 is 10.0 Å². The summed E-state index contributed by atoms with van der Waals surface area (Å²) in [6.07, 6.45) is 3.34. The molecule has 7 nitrogen and oxygen atoms in total. The number of rotatable bonds is 7. The number of thiazole rings is 1. The van der Waals surface area contributed by atoms with Crippen LogP contribution in [0.5, 0.6) is 0 Å². The zero-order valence-electron chi connectivity index (χ0n) is 20.6. The van der Waals surface area contributed by atoms with Crippen molar-refractivity contribution in [2.45, 2.75) is 18.4 Å². The number of anilines is 2. The summed E-state index contributed by atoms with van der Waals surface area (Å²) in [4.78, 5) is 24.3. The fourth-order valence-electron chi connectivity index (χ4n) is 4.02. The minimum absolute atomic E-state index is 0.0892. The summed E-state index contributed by atoms with van der Waals surface area (Å²) in [6.45, 7) is 2.20. The first-order valence-corrected chi connectivity index (χ1v) is 14.3. The third-order valence-corrected chi connectivity index (χ3v) is 9.13.